The van der Waals surface area contributed by atoms with Gasteiger partial charge in [-0.1, -0.05) is 37.3 Å². The molecule has 1 amide bonds. The molecule has 1 N–H and O–H groups in total. The van der Waals surface area contributed by atoms with Crippen molar-refractivity contribution >= 4 is 5.91 Å². The molecule has 1 aliphatic rings. The number of hydrogen-bond acceptors (Lipinski definition) is 3. The molecule has 30 heavy (non-hydrogen) atoms. The number of methoxy groups -OCH3 is 1. The number of benzene rings is 2. The van der Waals surface area contributed by atoms with E-state index in [1.165, 1.54) is 7.11 Å². The predicted octanol–water partition coefficient (Wildman–Crippen LogP) is 5.10. The molecule has 4 nitrogen and oxygen atoms in total. The molecule has 3 rings (SSSR count). The molecular weight excluding hydrogens is 386 g/mol. The predicted molar refractivity (Wildman–Crippen MR) is 114 cm³/mol. The summed E-state index contributed by atoms with van der Waals surface area (Å²) in [6, 6.07) is 11.4. The number of halogens is 2. The molecule has 0 aromatic heterocycles. The van der Waals surface area contributed by atoms with E-state index >= 15 is 0 Å². The van der Waals surface area contributed by atoms with Crippen molar-refractivity contribution in [1.29, 1.82) is 0 Å². The van der Waals surface area contributed by atoms with Crippen molar-refractivity contribution in [2.24, 2.45) is 0 Å². The van der Waals surface area contributed by atoms with Crippen molar-refractivity contribution < 1.29 is 18.3 Å². The summed E-state index contributed by atoms with van der Waals surface area (Å²) in [4.78, 5) is 15.7. The van der Waals surface area contributed by atoms with Crippen LogP contribution >= 0.6 is 0 Å². The zero-order valence-electron chi connectivity index (χ0n) is 18.0. The van der Waals surface area contributed by atoms with Gasteiger partial charge in [0.2, 0.25) is 0 Å². The van der Waals surface area contributed by atoms with Gasteiger partial charge in [-0.05, 0) is 45.2 Å². The van der Waals surface area contributed by atoms with Crippen molar-refractivity contribution in [3.05, 3.63) is 65.2 Å². The van der Waals surface area contributed by atoms with Gasteiger partial charge in [-0.15, -0.1) is 0 Å². The molecule has 1 heterocycles. The number of nitrogens with one attached hydrogen (secondary N) is 1. The maximum atomic E-state index is 14.6. The molecule has 0 spiro atoms. The summed E-state index contributed by atoms with van der Waals surface area (Å²) < 4.78 is 33.3. The largest absolute Gasteiger partial charge is 0.496 e. The van der Waals surface area contributed by atoms with Crippen LogP contribution in [0.5, 0.6) is 5.75 Å². The zero-order valence-corrected chi connectivity index (χ0v) is 18.0. The molecule has 2 aromatic rings. The van der Waals surface area contributed by atoms with Crippen molar-refractivity contribution in [1.82, 2.24) is 10.2 Å². The minimum Gasteiger partial charge on any atom is -0.496 e. The van der Waals surface area contributed by atoms with Crippen LogP contribution in [0.15, 0.2) is 42.5 Å². The highest BCUT2D eigenvalue weighted by Crippen LogP contribution is 2.39. The van der Waals surface area contributed by atoms with Gasteiger partial charge in [0.25, 0.3) is 5.91 Å². The maximum Gasteiger partial charge on any atom is 0.258 e. The third kappa shape index (κ3) is 4.19. The standard InChI is InChI=1S/C24H30F2N2O2/c1-5-24(3,28-13-9-10-16(28)2)22(17-11-7-6-8-12-17)27-23(29)21-19(26)14-18(25)15-20(21)30-4/h6-8,11-12,14-16,22H,5,9-10,13H2,1-4H3,(H,27,29). The Morgan fingerprint density at radius 2 is 2.00 bits per heavy atom. The average Bonchev–Trinajstić information content (AvgIpc) is 3.17. The van der Waals surface area contributed by atoms with Crippen molar-refractivity contribution in [2.75, 3.05) is 13.7 Å². The van der Waals surface area contributed by atoms with Crippen LogP contribution in [0.2, 0.25) is 0 Å². The van der Waals surface area contributed by atoms with E-state index < -0.39 is 17.5 Å². The summed E-state index contributed by atoms with van der Waals surface area (Å²) in [7, 11) is 1.29. The highest BCUT2D eigenvalue weighted by atomic mass is 19.1. The number of amides is 1. The van der Waals surface area contributed by atoms with Crippen molar-refractivity contribution in [3.63, 3.8) is 0 Å². The number of hydrogen-bond donors (Lipinski definition) is 1. The van der Waals surface area contributed by atoms with Gasteiger partial charge in [-0.25, -0.2) is 8.78 Å². The molecule has 1 saturated heterocycles. The lowest BCUT2D eigenvalue weighted by Crippen LogP contribution is -2.56. The second kappa shape index (κ2) is 9.13. The molecule has 0 saturated carbocycles. The van der Waals surface area contributed by atoms with Gasteiger partial charge in [0.05, 0.1) is 13.2 Å². The summed E-state index contributed by atoms with van der Waals surface area (Å²) >= 11 is 0. The van der Waals surface area contributed by atoms with Crippen molar-refractivity contribution in [2.45, 2.75) is 57.7 Å². The SMILES string of the molecule is CCC(C)(C(NC(=O)c1c(F)cc(F)cc1OC)c1ccccc1)N1CCCC1C. The fourth-order valence-corrected chi connectivity index (χ4v) is 4.64. The fraction of sp³-hybridized carbons (Fsp3) is 0.458. The number of carbonyl (C=O) groups excluding carboxylic acids is 1. The minimum atomic E-state index is -0.941. The molecule has 0 aliphatic carbocycles. The first-order valence-electron chi connectivity index (χ1n) is 10.5. The van der Waals surface area contributed by atoms with Crippen LogP contribution in [-0.4, -0.2) is 36.0 Å². The van der Waals surface area contributed by atoms with Gasteiger partial charge in [0.15, 0.2) is 0 Å². The molecule has 162 valence electrons. The van der Waals surface area contributed by atoms with Crippen LogP contribution in [0, 0.1) is 11.6 Å². The second-order valence-corrected chi connectivity index (χ2v) is 8.18. The first kappa shape index (κ1) is 22.2. The first-order chi connectivity index (χ1) is 14.3. The lowest BCUT2D eigenvalue weighted by molar-refractivity contribution is 0.0485. The minimum absolute atomic E-state index is 0.121. The number of rotatable bonds is 7. The summed E-state index contributed by atoms with van der Waals surface area (Å²) in [6.45, 7) is 7.39. The van der Waals surface area contributed by atoms with Crippen LogP contribution in [-0.2, 0) is 0 Å². The Bertz CT molecular complexity index is 890. The molecule has 1 fully saturated rings. The zero-order chi connectivity index (χ0) is 21.9. The summed E-state index contributed by atoms with van der Waals surface area (Å²) in [5.41, 5.74) is 0.278. The Kier molecular flexibility index (Phi) is 6.76. The Labute approximate surface area is 177 Å². The highest BCUT2D eigenvalue weighted by molar-refractivity contribution is 5.97. The topological polar surface area (TPSA) is 41.6 Å². The third-order valence-corrected chi connectivity index (χ3v) is 6.42. The molecule has 3 unspecified atom stereocenters. The quantitative estimate of drug-likeness (QED) is 0.683. The average molecular weight is 417 g/mol. The van der Waals surface area contributed by atoms with Gasteiger partial charge >= 0.3 is 0 Å². The number of ether oxygens (including phenoxy) is 1. The fourth-order valence-electron chi connectivity index (χ4n) is 4.64. The van der Waals surface area contributed by atoms with E-state index in [4.69, 9.17) is 4.74 Å². The molecule has 2 aromatic carbocycles. The van der Waals surface area contributed by atoms with Crippen LogP contribution < -0.4 is 10.1 Å². The van der Waals surface area contributed by atoms with Crippen LogP contribution in [0.25, 0.3) is 0 Å². The Morgan fingerprint density at radius 1 is 1.30 bits per heavy atom. The van der Waals surface area contributed by atoms with Gasteiger partial charge in [0.1, 0.15) is 22.9 Å². The second-order valence-electron chi connectivity index (χ2n) is 8.18. The Morgan fingerprint density at radius 3 is 2.57 bits per heavy atom. The van der Waals surface area contributed by atoms with E-state index in [0.717, 1.165) is 37.4 Å². The Balaban J connectivity index is 2.04. The van der Waals surface area contributed by atoms with E-state index in [9.17, 15) is 13.6 Å². The third-order valence-electron chi connectivity index (χ3n) is 6.42. The monoisotopic (exact) mass is 416 g/mol. The lowest BCUT2D eigenvalue weighted by atomic mass is 9.82. The van der Waals surface area contributed by atoms with E-state index in [1.54, 1.807) is 0 Å². The number of nitrogens with zero attached hydrogens (tertiary/aromatic N) is 1. The highest BCUT2D eigenvalue weighted by Gasteiger charge is 2.44. The number of carbonyl (C=O) groups is 1. The first-order valence-corrected chi connectivity index (χ1v) is 10.5. The van der Waals surface area contributed by atoms with Crippen LogP contribution in [0.1, 0.15) is 62.0 Å². The van der Waals surface area contributed by atoms with Gasteiger partial charge in [0, 0.05) is 23.7 Å². The van der Waals surface area contributed by atoms with Gasteiger partial charge in [-0.3, -0.25) is 9.69 Å². The molecular formula is C24H30F2N2O2. The summed E-state index contributed by atoms with van der Waals surface area (Å²) in [6.07, 6.45) is 3.00. The number of likely N-dealkylation sites (tertiary alicyclic amines) is 1. The van der Waals surface area contributed by atoms with Gasteiger partial charge < -0.3 is 10.1 Å². The van der Waals surface area contributed by atoms with Crippen LogP contribution in [0.3, 0.4) is 0 Å². The van der Waals surface area contributed by atoms with Gasteiger partial charge in [-0.2, -0.15) is 0 Å². The lowest BCUT2D eigenvalue weighted by Gasteiger charge is -2.47. The normalized spacial score (nSPS) is 19.9. The molecule has 3 atom stereocenters. The summed E-state index contributed by atoms with van der Waals surface area (Å²) in [5, 5.41) is 3.05. The smallest absolute Gasteiger partial charge is 0.258 e. The summed E-state index contributed by atoms with van der Waals surface area (Å²) in [5.74, 6) is -2.47. The molecule has 6 heteroatoms. The molecule has 0 bridgehead atoms. The van der Waals surface area contributed by atoms with E-state index in [0.29, 0.717) is 12.1 Å². The van der Waals surface area contributed by atoms with Crippen molar-refractivity contribution in [3.8, 4) is 5.75 Å². The molecule has 0 radical (unpaired) electrons. The van der Waals surface area contributed by atoms with E-state index in [2.05, 4.69) is 31.0 Å². The molecule has 1 aliphatic heterocycles. The maximum absolute atomic E-state index is 14.6. The Hall–Kier alpha value is -2.47. The van der Waals surface area contributed by atoms with E-state index in [1.807, 2.05) is 30.3 Å². The van der Waals surface area contributed by atoms with Crippen LogP contribution in [0.4, 0.5) is 8.78 Å². The van der Waals surface area contributed by atoms with E-state index in [-0.39, 0.29) is 22.9 Å².